The smallest absolute Gasteiger partial charge is 0.293 e. The Kier molecular flexibility index (Phi) is 5.60. The first-order valence-corrected chi connectivity index (χ1v) is 13.9. The average molecular weight is 550 g/mol. The maximum Gasteiger partial charge on any atom is 0.293 e. The highest BCUT2D eigenvalue weighted by Crippen LogP contribution is 2.40. The van der Waals surface area contributed by atoms with Crippen LogP contribution in [0.5, 0.6) is 0 Å². The van der Waals surface area contributed by atoms with Gasteiger partial charge in [-0.25, -0.2) is 15.0 Å². The van der Waals surface area contributed by atoms with Crippen molar-refractivity contribution < 1.29 is 4.79 Å². The molecule has 6 heterocycles. The van der Waals surface area contributed by atoms with Crippen LogP contribution < -0.4 is 15.8 Å². The first-order chi connectivity index (χ1) is 19.7. The number of carbonyl (C=O) groups excluding carboxylic acids is 1. The molecule has 11 nitrogen and oxygen atoms in total. The number of carbonyl (C=O) groups is 1. The Bertz CT molecular complexity index is 1910. The summed E-state index contributed by atoms with van der Waals surface area (Å²) in [7, 11) is 1.69. The van der Waals surface area contributed by atoms with E-state index in [1.54, 1.807) is 47.2 Å². The molecule has 0 aromatic carbocycles. The van der Waals surface area contributed by atoms with Gasteiger partial charge in [-0.05, 0) is 48.4 Å². The molecule has 1 aliphatic carbocycles. The summed E-state index contributed by atoms with van der Waals surface area (Å²) in [5.74, 6) is 1.74. The second-order valence-corrected chi connectivity index (χ2v) is 11.6. The van der Waals surface area contributed by atoms with Crippen molar-refractivity contribution in [3.05, 3.63) is 82.1 Å². The van der Waals surface area contributed by atoms with Crippen molar-refractivity contribution in [2.75, 3.05) is 16.8 Å². The lowest BCUT2D eigenvalue weighted by atomic mass is 9.90. The fourth-order valence-electron chi connectivity index (χ4n) is 6.23. The van der Waals surface area contributed by atoms with Crippen LogP contribution in [0.3, 0.4) is 0 Å². The molecule has 2 aliphatic rings. The topological polar surface area (TPSA) is 115 Å². The molecule has 208 valence electrons. The lowest BCUT2D eigenvalue weighted by Crippen LogP contribution is -2.41. The first-order valence-electron chi connectivity index (χ1n) is 13.9. The molecule has 0 radical (unpaired) electrons. The number of aromatic nitrogens is 7. The number of hydrogen-bond donors (Lipinski definition) is 1. The third-order valence-electron chi connectivity index (χ3n) is 8.12. The standard InChI is InChI=1S/C30H31N9O2/c1-5-19-20(21-17-36(4)28(41)25(33-21)34-24-7-10-37-11-9-32-29(37)35-24)6-8-31-26(19)39-13-12-38-22(27(39)40)14-18-15-30(2,3)16-23(18)38/h6-11,14,17H,5,12-13,15-16H2,1-4H3,(H,32,33,34,35). The van der Waals surface area contributed by atoms with Crippen LogP contribution in [0.2, 0.25) is 0 Å². The molecule has 0 atom stereocenters. The quantitative estimate of drug-likeness (QED) is 0.355. The Morgan fingerprint density at radius 2 is 1.88 bits per heavy atom. The zero-order valence-electron chi connectivity index (χ0n) is 23.5. The van der Waals surface area contributed by atoms with Gasteiger partial charge >= 0.3 is 0 Å². The van der Waals surface area contributed by atoms with E-state index in [4.69, 9.17) is 4.98 Å². The number of imidazole rings is 1. The van der Waals surface area contributed by atoms with Crippen LogP contribution in [-0.4, -0.2) is 45.9 Å². The predicted molar refractivity (Wildman–Crippen MR) is 156 cm³/mol. The van der Waals surface area contributed by atoms with Crippen molar-refractivity contribution in [1.29, 1.82) is 0 Å². The largest absolute Gasteiger partial charge is 0.339 e. The monoisotopic (exact) mass is 549 g/mol. The van der Waals surface area contributed by atoms with Gasteiger partial charge in [0.05, 0.1) is 5.69 Å². The van der Waals surface area contributed by atoms with E-state index in [1.165, 1.54) is 15.8 Å². The summed E-state index contributed by atoms with van der Waals surface area (Å²) < 4.78 is 5.49. The predicted octanol–water partition coefficient (Wildman–Crippen LogP) is 3.78. The van der Waals surface area contributed by atoms with Crippen molar-refractivity contribution in [3.63, 3.8) is 0 Å². The molecule has 5 aromatic heterocycles. The van der Waals surface area contributed by atoms with Crippen LogP contribution in [0.1, 0.15) is 48.1 Å². The van der Waals surface area contributed by atoms with Crippen LogP contribution in [-0.2, 0) is 32.9 Å². The molecule has 1 amide bonds. The van der Waals surface area contributed by atoms with Gasteiger partial charge in [0.25, 0.3) is 11.5 Å². The summed E-state index contributed by atoms with van der Waals surface area (Å²) >= 11 is 0. The number of nitrogens with one attached hydrogen (secondary N) is 1. The van der Waals surface area contributed by atoms with E-state index in [-0.39, 0.29) is 22.7 Å². The molecule has 0 saturated carbocycles. The zero-order chi connectivity index (χ0) is 28.5. The molecule has 7 rings (SSSR count). The Labute approximate surface area is 236 Å². The molecular weight excluding hydrogens is 518 g/mol. The van der Waals surface area contributed by atoms with Gasteiger partial charge < -0.3 is 14.5 Å². The lowest BCUT2D eigenvalue weighted by Gasteiger charge is -2.31. The second-order valence-electron chi connectivity index (χ2n) is 11.6. The molecule has 11 heteroatoms. The van der Waals surface area contributed by atoms with Crippen LogP contribution >= 0.6 is 0 Å². The summed E-state index contributed by atoms with van der Waals surface area (Å²) in [6.45, 7) is 7.89. The first kappa shape index (κ1) is 25.2. The number of rotatable bonds is 5. The lowest BCUT2D eigenvalue weighted by molar-refractivity contribution is 0.0963. The summed E-state index contributed by atoms with van der Waals surface area (Å²) in [6.07, 6.45) is 11.3. The van der Waals surface area contributed by atoms with Crippen molar-refractivity contribution in [3.8, 4) is 11.3 Å². The van der Waals surface area contributed by atoms with Gasteiger partial charge in [-0.1, -0.05) is 20.8 Å². The third-order valence-corrected chi connectivity index (χ3v) is 8.12. The molecule has 0 bridgehead atoms. The van der Waals surface area contributed by atoms with E-state index >= 15 is 0 Å². The van der Waals surface area contributed by atoms with E-state index in [2.05, 4.69) is 44.7 Å². The molecular formula is C30H31N9O2. The maximum absolute atomic E-state index is 13.8. The Hall–Kier alpha value is -4.80. The molecule has 0 spiro atoms. The van der Waals surface area contributed by atoms with E-state index in [0.717, 1.165) is 36.2 Å². The van der Waals surface area contributed by atoms with Gasteiger partial charge in [0, 0.05) is 67.9 Å². The highest BCUT2D eigenvalue weighted by molar-refractivity contribution is 6.06. The van der Waals surface area contributed by atoms with Gasteiger partial charge in [-0.3, -0.25) is 18.9 Å². The molecule has 0 fully saturated rings. The molecule has 0 unspecified atom stereocenters. The molecule has 41 heavy (non-hydrogen) atoms. The Morgan fingerprint density at radius 3 is 2.71 bits per heavy atom. The summed E-state index contributed by atoms with van der Waals surface area (Å²) in [6, 6.07) is 5.73. The van der Waals surface area contributed by atoms with Crippen molar-refractivity contribution in [2.45, 2.75) is 46.6 Å². The number of nitrogens with zero attached hydrogens (tertiary/aromatic N) is 8. The van der Waals surface area contributed by atoms with Gasteiger partial charge in [-0.2, -0.15) is 4.98 Å². The van der Waals surface area contributed by atoms with Crippen LogP contribution in [0.15, 0.2) is 54.0 Å². The second kappa shape index (κ2) is 9.12. The summed E-state index contributed by atoms with van der Waals surface area (Å²) in [5, 5.41) is 3.07. The minimum atomic E-state index is -0.283. The third kappa shape index (κ3) is 4.11. The minimum absolute atomic E-state index is 0.0287. The Morgan fingerprint density at radius 1 is 1.02 bits per heavy atom. The van der Waals surface area contributed by atoms with Crippen LogP contribution in [0.4, 0.5) is 17.5 Å². The highest BCUT2D eigenvalue weighted by Gasteiger charge is 2.37. The molecule has 1 aliphatic heterocycles. The number of anilines is 3. The normalized spacial score (nSPS) is 15.8. The fourth-order valence-corrected chi connectivity index (χ4v) is 6.23. The number of pyridine rings is 1. The van der Waals surface area contributed by atoms with Gasteiger partial charge in [0.2, 0.25) is 5.78 Å². The SMILES string of the molecule is CCc1c(-c2cn(C)c(=O)c(Nc3ccn4ccnc4n3)n2)ccnc1N1CCn2c(cc3c2CC(C)(C)C3)C1=O. The molecule has 0 saturated heterocycles. The highest BCUT2D eigenvalue weighted by atomic mass is 16.2. The molecule has 1 N–H and O–H groups in total. The number of hydrogen-bond acceptors (Lipinski definition) is 7. The van der Waals surface area contributed by atoms with Gasteiger partial charge in [0.1, 0.15) is 17.3 Å². The summed E-state index contributed by atoms with van der Waals surface area (Å²) in [5.41, 5.74) is 5.60. The van der Waals surface area contributed by atoms with Crippen LogP contribution in [0.25, 0.3) is 17.0 Å². The molecule has 5 aromatic rings. The zero-order valence-corrected chi connectivity index (χ0v) is 23.5. The Balaban J connectivity index is 1.25. The number of fused-ring (bicyclic) bond motifs is 4. The number of aryl methyl sites for hydroxylation is 1. The maximum atomic E-state index is 13.8. The van der Waals surface area contributed by atoms with E-state index in [1.807, 2.05) is 19.2 Å². The van der Waals surface area contributed by atoms with Crippen molar-refractivity contribution >= 4 is 29.1 Å². The van der Waals surface area contributed by atoms with E-state index in [0.29, 0.717) is 36.1 Å². The van der Waals surface area contributed by atoms with Gasteiger partial charge in [0.15, 0.2) is 5.82 Å². The van der Waals surface area contributed by atoms with Crippen molar-refractivity contribution in [1.82, 2.24) is 33.5 Å². The fraction of sp³-hybridized carbons (Fsp3) is 0.333. The average Bonchev–Trinajstić information content (AvgIpc) is 3.63. The summed E-state index contributed by atoms with van der Waals surface area (Å²) in [4.78, 5) is 46.7. The van der Waals surface area contributed by atoms with E-state index in [9.17, 15) is 9.59 Å². The van der Waals surface area contributed by atoms with Crippen molar-refractivity contribution in [2.24, 2.45) is 12.5 Å². The minimum Gasteiger partial charge on any atom is -0.339 e. The van der Waals surface area contributed by atoms with Gasteiger partial charge in [-0.15, -0.1) is 0 Å². The number of amides is 1. The van der Waals surface area contributed by atoms with E-state index < -0.39 is 0 Å². The van der Waals surface area contributed by atoms with Crippen LogP contribution in [0, 0.1) is 5.41 Å².